The summed E-state index contributed by atoms with van der Waals surface area (Å²) in [5, 5.41) is 3.42. The highest BCUT2D eigenvalue weighted by atomic mass is 35.5. The third-order valence-electron chi connectivity index (χ3n) is 4.43. The van der Waals surface area contributed by atoms with Gasteiger partial charge >= 0.3 is 6.03 Å². The molecule has 3 amide bonds. The molecule has 3 rings (SSSR count). The minimum atomic E-state index is -0.168. The summed E-state index contributed by atoms with van der Waals surface area (Å²) in [4.78, 5) is 28.4. The van der Waals surface area contributed by atoms with Crippen molar-refractivity contribution in [3.8, 4) is 0 Å². The molecule has 0 atom stereocenters. The number of hydrogen-bond donors (Lipinski definition) is 1. The third kappa shape index (κ3) is 4.76. The number of carbonyl (C=O) groups is 2. The summed E-state index contributed by atoms with van der Waals surface area (Å²) in [6.07, 6.45) is 0.399. The molecule has 2 aromatic rings. The highest BCUT2D eigenvalue weighted by molar-refractivity contribution is 6.30. The summed E-state index contributed by atoms with van der Waals surface area (Å²) in [5.41, 5.74) is 2.84. The molecule has 0 bridgehead atoms. The lowest BCUT2D eigenvalue weighted by atomic mass is 10.1. The normalized spacial score (nSPS) is 14.2. The summed E-state index contributed by atoms with van der Waals surface area (Å²) in [6, 6.07) is 14.9. The predicted molar refractivity (Wildman–Crippen MR) is 104 cm³/mol. The summed E-state index contributed by atoms with van der Waals surface area (Å²) < 4.78 is 0. The first-order valence-corrected chi connectivity index (χ1v) is 9.04. The van der Waals surface area contributed by atoms with E-state index >= 15 is 0 Å². The van der Waals surface area contributed by atoms with E-state index in [2.05, 4.69) is 5.32 Å². The Morgan fingerprint density at radius 3 is 2.38 bits per heavy atom. The Balaban J connectivity index is 1.50. The van der Waals surface area contributed by atoms with E-state index in [1.807, 2.05) is 36.1 Å². The zero-order valence-corrected chi connectivity index (χ0v) is 15.5. The molecule has 0 saturated carbocycles. The molecular formula is C20H22ClN3O2. The lowest BCUT2D eigenvalue weighted by molar-refractivity contribution is -0.131. The Kier molecular flexibility index (Phi) is 5.78. The zero-order valence-electron chi connectivity index (χ0n) is 14.7. The molecule has 6 heteroatoms. The maximum atomic E-state index is 12.5. The van der Waals surface area contributed by atoms with Gasteiger partial charge in [0.05, 0.1) is 6.42 Å². The summed E-state index contributed by atoms with van der Waals surface area (Å²) >= 11 is 5.94. The van der Waals surface area contributed by atoms with E-state index in [9.17, 15) is 9.59 Å². The first kappa shape index (κ1) is 18.3. The number of hydrogen-bond acceptors (Lipinski definition) is 2. The van der Waals surface area contributed by atoms with Gasteiger partial charge in [0.25, 0.3) is 0 Å². The lowest BCUT2D eigenvalue weighted by Crippen LogP contribution is -2.52. The molecule has 1 heterocycles. The van der Waals surface area contributed by atoms with Crippen molar-refractivity contribution >= 4 is 29.2 Å². The van der Waals surface area contributed by atoms with Gasteiger partial charge in [0, 0.05) is 36.9 Å². The fourth-order valence-electron chi connectivity index (χ4n) is 3.04. The highest BCUT2D eigenvalue weighted by Crippen LogP contribution is 2.16. The standard InChI is InChI=1S/C20H22ClN3O2/c1-15-4-2-5-16(12-15)13-19(25)23-8-10-24(11-9-23)20(26)22-18-7-3-6-17(21)14-18/h2-7,12,14H,8-11,13H2,1H3,(H,22,26). The smallest absolute Gasteiger partial charge is 0.321 e. The Morgan fingerprint density at radius 1 is 1.00 bits per heavy atom. The van der Waals surface area contributed by atoms with E-state index in [1.165, 1.54) is 0 Å². The Labute approximate surface area is 158 Å². The molecular weight excluding hydrogens is 350 g/mol. The number of urea groups is 1. The molecule has 0 unspecified atom stereocenters. The molecule has 1 saturated heterocycles. The Morgan fingerprint density at radius 2 is 1.69 bits per heavy atom. The van der Waals surface area contributed by atoms with Crippen LogP contribution >= 0.6 is 11.6 Å². The molecule has 0 radical (unpaired) electrons. The summed E-state index contributed by atoms with van der Waals surface area (Å²) in [7, 11) is 0. The van der Waals surface area contributed by atoms with Crippen molar-refractivity contribution in [3.05, 3.63) is 64.7 Å². The molecule has 0 aromatic heterocycles. The zero-order chi connectivity index (χ0) is 18.5. The number of nitrogens with zero attached hydrogens (tertiary/aromatic N) is 2. The van der Waals surface area contributed by atoms with Gasteiger partial charge in [-0.05, 0) is 30.7 Å². The Hall–Kier alpha value is -2.53. The van der Waals surface area contributed by atoms with Crippen LogP contribution in [0.4, 0.5) is 10.5 Å². The second-order valence-electron chi connectivity index (χ2n) is 6.47. The van der Waals surface area contributed by atoms with Crippen LogP contribution in [0.5, 0.6) is 0 Å². The maximum Gasteiger partial charge on any atom is 0.321 e. The summed E-state index contributed by atoms with van der Waals surface area (Å²) in [6.45, 7) is 4.16. The number of aryl methyl sites for hydroxylation is 1. The number of nitrogens with one attached hydrogen (secondary N) is 1. The van der Waals surface area contributed by atoms with Gasteiger partial charge < -0.3 is 15.1 Å². The molecule has 2 aromatic carbocycles. The van der Waals surface area contributed by atoms with Crippen LogP contribution in [0.15, 0.2) is 48.5 Å². The van der Waals surface area contributed by atoms with Crippen molar-refractivity contribution in [2.45, 2.75) is 13.3 Å². The molecule has 1 aliphatic rings. The molecule has 0 spiro atoms. The molecule has 0 aliphatic carbocycles. The van der Waals surface area contributed by atoms with Gasteiger partial charge in [-0.15, -0.1) is 0 Å². The first-order chi connectivity index (χ1) is 12.5. The number of carbonyl (C=O) groups excluding carboxylic acids is 2. The van der Waals surface area contributed by atoms with Crippen molar-refractivity contribution in [1.82, 2.24) is 9.80 Å². The van der Waals surface area contributed by atoms with E-state index in [-0.39, 0.29) is 11.9 Å². The quantitative estimate of drug-likeness (QED) is 0.896. The third-order valence-corrected chi connectivity index (χ3v) is 4.67. The largest absolute Gasteiger partial charge is 0.339 e. The van der Waals surface area contributed by atoms with Gasteiger partial charge in [-0.1, -0.05) is 47.5 Å². The van der Waals surface area contributed by atoms with Crippen molar-refractivity contribution in [1.29, 1.82) is 0 Å². The van der Waals surface area contributed by atoms with Crippen LogP contribution in [0, 0.1) is 6.92 Å². The summed E-state index contributed by atoms with van der Waals surface area (Å²) in [5.74, 6) is 0.102. The van der Waals surface area contributed by atoms with Crippen LogP contribution < -0.4 is 5.32 Å². The van der Waals surface area contributed by atoms with Crippen LogP contribution in [-0.4, -0.2) is 47.9 Å². The second kappa shape index (κ2) is 8.23. The number of amides is 3. The van der Waals surface area contributed by atoms with Gasteiger partial charge in [-0.2, -0.15) is 0 Å². The van der Waals surface area contributed by atoms with E-state index in [4.69, 9.17) is 11.6 Å². The topological polar surface area (TPSA) is 52.7 Å². The van der Waals surface area contributed by atoms with Crippen LogP contribution in [-0.2, 0) is 11.2 Å². The first-order valence-electron chi connectivity index (χ1n) is 8.66. The predicted octanol–water partition coefficient (Wildman–Crippen LogP) is 3.57. The number of rotatable bonds is 3. The maximum absolute atomic E-state index is 12.5. The van der Waals surface area contributed by atoms with Crippen LogP contribution in [0.25, 0.3) is 0 Å². The van der Waals surface area contributed by atoms with Gasteiger partial charge in [0.2, 0.25) is 5.91 Å². The van der Waals surface area contributed by atoms with Gasteiger partial charge in [-0.3, -0.25) is 4.79 Å². The number of halogens is 1. The van der Waals surface area contributed by atoms with Gasteiger partial charge in [0.15, 0.2) is 0 Å². The Bertz CT molecular complexity index is 734. The molecule has 1 N–H and O–H groups in total. The van der Waals surface area contributed by atoms with Crippen LogP contribution in [0.3, 0.4) is 0 Å². The molecule has 136 valence electrons. The van der Waals surface area contributed by atoms with Gasteiger partial charge in [0.1, 0.15) is 0 Å². The minimum Gasteiger partial charge on any atom is -0.339 e. The number of piperazine rings is 1. The average Bonchev–Trinajstić information content (AvgIpc) is 2.62. The molecule has 5 nitrogen and oxygen atoms in total. The second-order valence-corrected chi connectivity index (χ2v) is 6.91. The van der Waals surface area contributed by atoms with Crippen molar-refractivity contribution in [2.75, 3.05) is 31.5 Å². The average molecular weight is 372 g/mol. The van der Waals surface area contributed by atoms with E-state index in [1.54, 1.807) is 29.2 Å². The van der Waals surface area contributed by atoms with Crippen molar-refractivity contribution < 1.29 is 9.59 Å². The van der Waals surface area contributed by atoms with E-state index < -0.39 is 0 Å². The van der Waals surface area contributed by atoms with Crippen molar-refractivity contribution in [2.24, 2.45) is 0 Å². The van der Waals surface area contributed by atoms with Crippen molar-refractivity contribution in [3.63, 3.8) is 0 Å². The SMILES string of the molecule is Cc1cccc(CC(=O)N2CCN(C(=O)Nc3cccc(Cl)c3)CC2)c1. The minimum absolute atomic E-state index is 0.102. The molecule has 1 aliphatic heterocycles. The number of benzene rings is 2. The molecule has 1 fully saturated rings. The van der Waals surface area contributed by atoms with Gasteiger partial charge in [-0.25, -0.2) is 4.79 Å². The monoisotopic (exact) mass is 371 g/mol. The van der Waals surface area contributed by atoms with E-state index in [0.29, 0.717) is 43.3 Å². The van der Waals surface area contributed by atoms with E-state index in [0.717, 1.165) is 11.1 Å². The molecule has 26 heavy (non-hydrogen) atoms. The fraction of sp³-hybridized carbons (Fsp3) is 0.300. The fourth-order valence-corrected chi connectivity index (χ4v) is 3.23. The lowest BCUT2D eigenvalue weighted by Gasteiger charge is -2.34. The van der Waals surface area contributed by atoms with Crippen LogP contribution in [0.1, 0.15) is 11.1 Å². The number of anilines is 1. The highest BCUT2D eigenvalue weighted by Gasteiger charge is 2.24. The van der Waals surface area contributed by atoms with Crippen LogP contribution in [0.2, 0.25) is 5.02 Å².